The summed E-state index contributed by atoms with van der Waals surface area (Å²) in [4.78, 5) is 11.6. The molecule has 3 heteroatoms. The Labute approximate surface area is 84.6 Å². The molecule has 1 heterocycles. The zero-order chi connectivity index (χ0) is 10.8. The Balaban J connectivity index is 3.07. The molecule has 0 unspecified atom stereocenters. The lowest BCUT2D eigenvalue weighted by Crippen LogP contribution is -2.21. The van der Waals surface area contributed by atoms with Crippen LogP contribution in [-0.2, 0) is 11.8 Å². The molecule has 0 aliphatic carbocycles. The zero-order valence-corrected chi connectivity index (χ0v) is 9.35. The molecule has 0 spiro atoms. The molecular weight excluding hydrogens is 176 g/mol. The third kappa shape index (κ3) is 2.44. The van der Waals surface area contributed by atoms with Gasteiger partial charge >= 0.3 is 0 Å². The van der Waals surface area contributed by atoms with Crippen LogP contribution in [0.2, 0.25) is 0 Å². The SMILES string of the molecule is CCCc1n[nH]c(C(C)(C)C)cc1=O. The summed E-state index contributed by atoms with van der Waals surface area (Å²) < 4.78 is 0. The average Bonchev–Trinajstić information content (AvgIpc) is 2.07. The van der Waals surface area contributed by atoms with Crippen LogP contribution in [0.15, 0.2) is 10.9 Å². The Morgan fingerprint density at radius 2 is 2.07 bits per heavy atom. The van der Waals surface area contributed by atoms with E-state index in [1.165, 1.54) is 0 Å². The first kappa shape index (κ1) is 11.0. The molecule has 0 bridgehead atoms. The summed E-state index contributed by atoms with van der Waals surface area (Å²) in [6.07, 6.45) is 1.70. The molecule has 1 aromatic heterocycles. The highest BCUT2D eigenvalue weighted by Crippen LogP contribution is 2.17. The highest BCUT2D eigenvalue weighted by atomic mass is 16.1. The molecule has 78 valence electrons. The normalized spacial score (nSPS) is 11.7. The van der Waals surface area contributed by atoms with Crippen molar-refractivity contribution in [2.75, 3.05) is 0 Å². The minimum atomic E-state index is -0.0447. The standard InChI is InChI=1S/C11H18N2O/c1-5-6-8-9(14)7-10(13-12-8)11(2,3)4/h7H,5-6H2,1-4H3,(H,13,14). The Morgan fingerprint density at radius 3 is 2.50 bits per heavy atom. The fraction of sp³-hybridized carbons (Fsp3) is 0.636. The molecule has 0 amide bonds. The van der Waals surface area contributed by atoms with Gasteiger partial charge in [0.25, 0.3) is 0 Å². The first-order chi connectivity index (χ1) is 6.45. The van der Waals surface area contributed by atoms with E-state index in [1.807, 2.05) is 6.92 Å². The van der Waals surface area contributed by atoms with Gasteiger partial charge in [-0.1, -0.05) is 34.1 Å². The summed E-state index contributed by atoms with van der Waals surface area (Å²) in [5.74, 6) is 0. The molecule has 0 fully saturated rings. The number of aromatic amines is 1. The van der Waals surface area contributed by atoms with Crippen LogP contribution < -0.4 is 5.43 Å². The Kier molecular flexibility index (Phi) is 3.09. The van der Waals surface area contributed by atoms with E-state index in [1.54, 1.807) is 6.07 Å². The predicted molar refractivity (Wildman–Crippen MR) is 57.6 cm³/mol. The van der Waals surface area contributed by atoms with Gasteiger partial charge in [-0.2, -0.15) is 5.10 Å². The minimum absolute atomic E-state index is 0.0447. The van der Waals surface area contributed by atoms with Gasteiger partial charge in [0.15, 0.2) is 0 Å². The molecule has 1 rings (SSSR count). The molecular formula is C11H18N2O. The summed E-state index contributed by atoms with van der Waals surface area (Å²) in [5, 5.41) is 7.05. The molecule has 0 aliphatic rings. The van der Waals surface area contributed by atoms with Crippen molar-refractivity contribution in [1.82, 2.24) is 10.2 Å². The van der Waals surface area contributed by atoms with E-state index in [0.717, 1.165) is 18.5 Å². The van der Waals surface area contributed by atoms with E-state index in [-0.39, 0.29) is 10.8 Å². The van der Waals surface area contributed by atoms with E-state index < -0.39 is 0 Å². The molecule has 0 aliphatic heterocycles. The third-order valence-electron chi connectivity index (χ3n) is 2.17. The molecule has 14 heavy (non-hydrogen) atoms. The fourth-order valence-electron chi connectivity index (χ4n) is 1.23. The lowest BCUT2D eigenvalue weighted by atomic mass is 9.92. The number of hydrogen-bond acceptors (Lipinski definition) is 2. The van der Waals surface area contributed by atoms with Gasteiger partial charge in [-0.15, -0.1) is 0 Å². The van der Waals surface area contributed by atoms with Crippen LogP contribution in [0.3, 0.4) is 0 Å². The third-order valence-corrected chi connectivity index (χ3v) is 2.17. The van der Waals surface area contributed by atoms with E-state index in [4.69, 9.17) is 0 Å². The maximum Gasteiger partial charge on any atom is 0.203 e. The number of nitrogens with zero attached hydrogens (tertiary/aromatic N) is 1. The Bertz CT molecular complexity index is 360. The number of rotatable bonds is 2. The van der Waals surface area contributed by atoms with Crippen LogP contribution in [0, 0.1) is 0 Å². The summed E-state index contributed by atoms with van der Waals surface area (Å²) in [7, 11) is 0. The summed E-state index contributed by atoms with van der Waals surface area (Å²) in [6, 6.07) is 1.66. The van der Waals surface area contributed by atoms with Crippen molar-refractivity contribution < 1.29 is 0 Å². The van der Waals surface area contributed by atoms with E-state index in [9.17, 15) is 4.79 Å². The van der Waals surface area contributed by atoms with Crippen LogP contribution >= 0.6 is 0 Å². The first-order valence-electron chi connectivity index (χ1n) is 5.04. The minimum Gasteiger partial charge on any atom is -0.288 e. The van der Waals surface area contributed by atoms with Crippen LogP contribution in [0.1, 0.15) is 45.5 Å². The number of hydrogen-bond donors (Lipinski definition) is 1. The molecule has 3 nitrogen and oxygen atoms in total. The van der Waals surface area contributed by atoms with Gasteiger partial charge < -0.3 is 0 Å². The number of H-pyrrole nitrogens is 1. The van der Waals surface area contributed by atoms with Crippen molar-refractivity contribution in [3.8, 4) is 0 Å². The van der Waals surface area contributed by atoms with E-state index >= 15 is 0 Å². The predicted octanol–water partition coefficient (Wildman–Crippen LogP) is 2.02. The molecule has 1 aromatic rings. The van der Waals surface area contributed by atoms with Crippen LogP contribution in [0.5, 0.6) is 0 Å². The second-order valence-corrected chi connectivity index (χ2v) is 4.59. The highest BCUT2D eigenvalue weighted by molar-refractivity contribution is 5.14. The second-order valence-electron chi connectivity index (χ2n) is 4.59. The molecule has 0 saturated heterocycles. The number of nitrogens with one attached hydrogen (secondary N) is 1. The first-order valence-corrected chi connectivity index (χ1v) is 5.04. The summed E-state index contributed by atoms with van der Waals surface area (Å²) in [5.41, 5.74) is 1.54. The smallest absolute Gasteiger partial charge is 0.203 e. The summed E-state index contributed by atoms with van der Waals surface area (Å²) in [6.45, 7) is 8.21. The van der Waals surface area contributed by atoms with E-state index in [2.05, 4.69) is 31.0 Å². The van der Waals surface area contributed by atoms with Crippen molar-refractivity contribution in [3.63, 3.8) is 0 Å². The van der Waals surface area contributed by atoms with Crippen molar-refractivity contribution in [2.24, 2.45) is 0 Å². The maximum atomic E-state index is 11.6. The molecule has 0 radical (unpaired) electrons. The van der Waals surface area contributed by atoms with Crippen LogP contribution in [0.25, 0.3) is 0 Å². The van der Waals surface area contributed by atoms with Crippen molar-refractivity contribution in [2.45, 2.75) is 46.0 Å². The number of aryl methyl sites for hydroxylation is 1. The molecule has 0 saturated carbocycles. The van der Waals surface area contributed by atoms with Crippen molar-refractivity contribution >= 4 is 0 Å². The second kappa shape index (κ2) is 3.95. The van der Waals surface area contributed by atoms with Gasteiger partial charge in [0.2, 0.25) is 5.43 Å². The highest BCUT2D eigenvalue weighted by Gasteiger charge is 2.15. The Hall–Kier alpha value is -1.12. The van der Waals surface area contributed by atoms with E-state index in [0.29, 0.717) is 5.69 Å². The van der Waals surface area contributed by atoms with Gasteiger partial charge in [0.05, 0.1) is 0 Å². The topological polar surface area (TPSA) is 45.8 Å². The van der Waals surface area contributed by atoms with Crippen molar-refractivity contribution in [3.05, 3.63) is 27.7 Å². The van der Waals surface area contributed by atoms with Gasteiger partial charge in [0, 0.05) is 17.2 Å². The summed E-state index contributed by atoms with van der Waals surface area (Å²) >= 11 is 0. The monoisotopic (exact) mass is 194 g/mol. The zero-order valence-electron chi connectivity index (χ0n) is 9.35. The number of aromatic nitrogens is 2. The molecule has 0 atom stereocenters. The van der Waals surface area contributed by atoms with Crippen molar-refractivity contribution in [1.29, 1.82) is 0 Å². The van der Waals surface area contributed by atoms with Gasteiger partial charge in [-0.25, -0.2) is 0 Å². The largest absolute Gasteiger partial charge is 0.288 e. The molecule has 0 aromatic carbocycles. The lowest BCUT2D eigenvalue weighted by Gasteiger charge is -2.17. The Morgan fingerprint density at radius 1 is 1.43 bits per heavy atom. The van der Waals surface area contributed by atoms with Gasteiger partial charge in [-0.05, 0) is 6.42 Å². The quantitative estimate of drug-likeness (QED) is 0.782. The van der Waals surface area contributed by atoms with Crippen LogP contribution in [-0.4, -0.2) is 10.2 Å². The molecule has 1 N–H and O–H groups in total. The average molecular weight is 194 g/mol. The van der Waals surface area contributed by atoms with Gasteiger partial charge in [0.1, 0.15) is 5.69 Å². The fourth-order valence-corrected chi connectivity index (χ4v) is 1.23. The maximum absolute atomic E-state index is 11.6. The lowest BCUT2D eigenvalue weighted by molar-refractivity contribution is 0.554. The van der Waals surface area contributed by atoms with Crippen LogP contribution in [0.4, 0.5) is 0 Å². The van der Waals surface area contributed by atoms with Gasteiger partial charge in [-0.3, -0.25) is 9.89 Å².